The van der Waals surface area contributed by atoms with Gasteiger partial charge in [-0.1, -0.05) is 6.42 Å². The number of carboxylic acid groups (broad SMARTS) is 1. The van der Waals surface area contributed by atoms with Gasteiger partial charge >= 0.3 is 12.0 Å². The van der Waals surface area contributed by atoms with Crippen molar-refractivity contribution in [2.75, 3.05) is 26.7 Å². The maximum atomic E-state index is 11.9. The Bertz CT molecular complexity index is 361. The molecule has 6 heteroatoms. The van der Waals surface area contributed by atoms with E-state index in [9.17, 15) is 9.59 Å². The Morgan fingerprint density at radius 1 is 1.30 bits per heavy atom. The van der Waals surface area contributed by atoms with Crippen LogP contribution in [0.2, 0.25) is 0 Å². The number of likely N-dealkylation sites (tertiary alicyclic amines) is 1. The molecule has 0 atom stereocenters. The van der Waals surface area contributed by atoms with Gasteiger partial charge in [-0.25, -0.2) is 4.79 Å². The molecule has 0 aromatic carbocycles. The summed E-state index contributed by atoms with van der Waals surface area (Å²) in [4.78, 5) is 25.0. The topological polar surface area (TPSA) is 81.7 Å². The molecule has 0 aromatic heterocycles. The van der Waals surface area contributed by atoms with Gasteiger partial charge in [0.2, 0.25) is 0 Å². The highest BCUT2D eigenvalue weighted by Crippen LogP contribution is 2.43. The molecule has 0 aromatic rings. The lowest BCUT2D eigenvalue weighted by molar-refractivity contribution is -0.141. The van der Waals surface area contributed by atoms with Gasteiger partial charge in [0.05, 0.1) is 6.42 Å². The van der Waals surface area contributed by atoms with Gasteiger partial charge in [0.25, 0.3) is 0 Å². The smallest absolute Gasteiger partial charge is 0.315 e. The molecule has 2 amide bonds. The monoisotopic (exact) mass is 283 g/mol. The summed E-state index contributed by atoms with van der Waals surface area (Å²) >= 11 is 0. The number of nitrogens with one attached hydrogen (secondary N) is 2. The maximum absolute atomic E-state index is 11.9. The quantitative estimate of drug-likeness (QED) is 0.704. The van der Waals surface area contributed by atoms with Crippen molar-refractivity contribution >= 4 is 12.0 Å². The molecule has 0 radical (unpaired) electrons. The molecule has 6 nitrogen and oxygen atoms in total. The van der Waals surface area contributed by atoms with E-state index in [4.69, 9.17) is 5.11 Å². The number of rotatable bonds is 5. The minimum atomic E-state index is -0.776. The van der Waals surface area contributed by atoms with E-state index in [2.05, 4.69) is 22.6 Å². The van der Waals surface area contributed by atoms with Gasteiger partial charge in [0.15, 0.2) is 0 Å². The maximum Gasteiger partial charge on any atom is 0.315 e. The fourth-order valence-corrected chi connectivity index (χ4v) is 3.07. The lowest BCUT2D eigenvalue weighted by Gasteiger charge is -2.41. The van der Waals surface area contributed by atoms with Crippen molar-refractivity contribution in [1.82, 2.24) is 15.5 Å². The summed E-state index contributed by atoms with van der Waals surface area (Å²) < 4.78 is 0. The van der Waals surface area contributed by atoms with Crippen LogP contribution in [-0.4, -0.2) is 54.7 Å². The van der Waals surface area contributed by atoms with E-state index in [0.717, 1.165) is 45.2 Å². The van der Waals surface area contributed by atoms with E-state index in [-0.39, 0.29) is 23.9 Å². The minimum absolute atomic E-state index is 0.154. The summed E-state index contributed by atoms with van der Waals surface area (Å²) in [7, 11) is 2.09. The molecule has 20 heavy (non-hydrogen) atoms. The molecule has 0 bridgehead atoms. The van der Waals surface area contributed by atoms with E-state index in [1.54, 1.807) is 0 Å². The third kappa shape index (κ3) is 4.10. The first-order chi connectivity index (χ1) is 9.49. The van der Waals surface area contributed by atoms with E-state index < -0.39 is 5.97 Å². The van der Waals surface area contributed by atoms with Crippen LogP contribution in [0.4, 0.5) is 4.79 Å². The van der Waals surface area contributed by atoms with E-state index in [0.29, 0.717) is 6.54 Å². The molecule has 1 saturated carbocycles. The summed E-state index contributed by atoms with van der Waals surface area (Å²) in [5.41, 5.74) is -0.212. The Morgan fingerprint density at radius 3 is 2.45 bits per heavy atom. The fraction of sp³-hybridized carbons (Fsp3) is 0.857. The van der Waals surface area contributed by atoms with Crippen LogP contribution in [-0.2, 0) is 4.79 Å². The second-order valence-corrected chi connectivity index (χ2v) is 6.33. The Balaban J connectivity index is 1.70. The summed E-state index contributed by atoms with van der Waals surface area (Å²) in [6.45, 7) is 2.49. The van der Waals surface area contributed by atoms with Gasteiger partial charge in [0, 0.05) is 12.6 Å². The van der Waals surface area contributed by atoms with Crippen molar-refractivity contribution < 1.29 is 14.7 Å². The first-order valence-corrected chi connectivity index (χ1v) is 7.44. The van der Waals surface area contributed by atoms with Gasteiger partial charge in [-0.05, 0) is 51.2 Å². The number of aliphatic carboxylic acids is 1. The first-order valence-electron chi connectivity index (χ1n) is 7.44. The Labute approximate surface area is 119 Å². The molecule has 114 valence electrons. The number of urea groups is 1. The van der Waals surface area contributed by atoms with Gasteiger partial charge in [-0.2, -0.15) is 0 Å². The second-order valence-electron chi connectivity index (χ2n) is 6.33. The standard InChI is InChI=1S/C14H25N3O3/c1-17-7-3-11(4-8-17)16-13(20)15-10-14(5-2-6-14)9-12(18)19/h11H,2-10H2,1H3,(H,18,19)(H2,15,16,20). The van der Waals surface area contributed by atoms with Crippen molar-refractivity contribution in [1.29, 1.82) is 0 Å². The number of hydrogen-bond donors (Lipinski definition) is 3. The number of carbonyl (C=O) groups excluding carboxylic acids is 1. The average Bonchev–Trinajstić information content (AvgIpc) is 2.35. The Hall–Kier alpha value is -1.30. The predicted octanol–water partition coefficient (Wildman–Crippen LogP) is 1.02. The van der Waals surface area contributed by atoms with Crippen LogP contribution in [0.15, 0.2) is 0 Å². The van der Waals surface area contributed by atoms with Gasteiger partial charge in [-0.3, -0.25) is 4.79 Å². The molecule has 0 spiro atoms. The molecule has 0 unspecified atom stereocenters. The lowest BCUT2D eigenvalue weighted by atomic mass is 9.66. The van der Waals surface area contributed by atoms with Crippen LogP contribution >= 0.6 is 0 Å². The SMILES string of the molecule is CN1CCC(NC(=O)NCC2(CC(=O)O)CCC2)CC1. The molecular formula is C14H25N3O3. The zero-order valence-electron chi connectivity index (χ0n) is 12.2. The Morgan fingerprint density at radius 2 is 1.95 bits per heavy atom. The van der Waals surface area contributed by atoms with E-state index in [1.807, 2.05) is 0 Å². The van der Waals surface area contributed by atoms with Crippen LogP contribution in [0.3, 0.4) is 0 Å². The highest BCUT2D eigenvalue weighted by Gasteiger charge is 2.39. The van der Waals surface area contributed by atoms with Crippen molar-refractivity contribution in [3.63, 3.8) is 0 Å². The normalized spacial score (nSPS) is 22.9. The second kappa shape index (κ2) is 6.43. The number of amides is 2. The molecular weight excluding hydrogens is 258 g/mol. The molecule has 1 aliphatic heterocycles. The summed E-state index contributed by atoms with van der Waals surface area (Å²) in [5.74, 6) is -0.776. The number of piperidine rings is 1. The van der Waals surface area contributed by atoms with Crippen molar-refractivity contribution in [2.45, 2.75) is 44.6 Å². The molecule has 2 rings (SSSR count). The van der Waals surface area contributed by atoms with Crippen LogP contribution in [0, 0.1) is 5.41 Å². The van der Waals surface area contributed by atoms with Gasteiger partial charge < -0.3 is 20.6 Å². The fourth-order valence-electron chi connectivity index (χ4n) is 3.07. The molecule has 3 N–H and O–H groups in total. The zero-order valence-corrected chi connectivity index (χ0v) is 12.2. The van der Waals surface area contributed by atoms with Crippen LogP contribution in [0.1, 0.15) is 38.5 Å². The molecule has 1 heterocycles. The average molecular weight is 283 g/mol. The van der Waals surface area contributed by atoms with Gasteiger partial charge in [0.1, 0.15) is 0 Å². The highest BCUT2D eigenvalue weighted by atomic mass is 16.4. The number of nitrogens with zero attached hydrogens (tertiary/aromatic N) is 1. The summed E-state index contributed by atoms with van der Waals surface area (Å²) in [5, 5.41) is 14.8. The lowest BCUT2D eigenvalue weighted by Crippen LogP contribution is -2.50. The summed E-state index contributed by atoms with van der Waals surface area (Å²) in [6, 6.07) is 0.0826. The third-order valence-electron chi connectivity index (χ3n) is 4.62. The van der Waals surface area contributed by atoms with Gasteiger partial charge in [-0.15, -0.1) is 0 Å². The van der Waals surface area contributed by atoms with E-state index >= 15 is 0 Å². The predicted molar refractivity (Wildman–Crippen MR) is 75.6 cm³/mol. The largest absolute Gasteiger partial charge is 0.481 e. The molecule has 2 fully saturated rings. The summed E-state index contributed by atoms with van der Waals surface area (Å²) in [6.07, 6.45) is 4.96. The van der Waals surface area contributed by atoms with Crippen molar-refractivity contribution in [2.24, 2.45) is 5.41 Å². The first kappa shape index (κ1) is 15.1. The molecule has 1 aliphatic carbocycles. The third-order valence-corrected chi connectivity index (χ3v) is 4.62. The van der Waals surface area contributed by atoms with Crippen molar-refractivity contribution in [3.05, 3.63) is 0 Å². The Kier molecular flexibility index (Phi) is 4.86. The molecule has 1 saturated heterocycles. The van der Waals surface area contributed by atoms with Crippen molar-refractivity contribution in [3.8, 4) is 0 Å². The number of carboxylic acids is 1. The molecule has 2 aliphatic rings. The van der Waals surface area contributed by atoms with Crippen LogP contribution < -0.4 is 10.6 Å². The zero-order chi connectivity index (χ0) is 14.6. The van der Waals surface area contributed by atoms with Crippen LogP contribution in [0.25, 0.3) is 0 Å². The number of hydrogen-bond acceptors (Lipinski definition) is 3. The highest BCUT2D eigenvalue weighted by molar-refractivity contribution is 5.74. The van der Waals surface area contributed by atoms with E-state index in [1.165, 1.54) is 0 Å². The van der Waals surface area contributed by atoms with Crippen LogP contribution in [0.5, 0.6) is 0 Å². The minimum Gasteiger partial charge on any atom is -0.481 e. The number of carbonyl (C=O) groups is 2.